The van der Waals surface area contributed by atoms with Crippen molar-refractivity contribution in [3.8, 4) is 0 Å². The summed E-state index contributed by atoms with van der Waals surface area (Å²) in [5, 5.41) is 11.6. The van der Waals surface area contributed by atoms with E-state index in [4.69, 9.17) is 5.11 Å². The number of fused-ring (bicyclic) bond motifs is 1. The Bertz CT molecular complexity index is 329. The van der Waals surface area contributed by atoms with Gasteiger partial charge in [0.2, 0.25) is 0 Å². The van der Waals surface area contributed by atoms with Crippen LogP contribution in [-0.2, 0) is 17.6 Å². The molecule has 0 amide bonds. The zero-order chi connectivity index (χ0) is 9.97. The molecule has 1 radical (unpaired) electrons. The number of carboxylic acids is 1. The summed E-state index contributed by atoms with van der Waals surface area (Å²) in [4.78, 5) is 10.4. The Labute approximate surface area is 101 Å². The van der Waals surface area contributed by atoms with E-state index >= 15 is 0 Å². The van der Waals surface area contributed by atoms with Gasteiger partial charge in [-0.15, -0.1) is 0 Å². The summed E-state index contributed by atoms with van der Waals surface area (Å²) in [6.07, 6.45) is 1.90. The van der Waals surface area contributed by atoms with Crippen molar-refractivity contribution in [2.24, 2.45) is 0 Å². The molecule has 0 heterocycles. The summed E-state index contributed by atoms with van der Waals surface area (Å²) < 4.78 is 0. The van der Waals surface area contributed by atoms with Gasteiger partial charge in [-0.25, -0.2) is 0 Å². The van der Waals surface area contributed by atoms with Gasteiger partial charge in [-0.2, -0.15) is 0 Å². The average molecular weight is 198 g/mol. The quantitative estimate of drug-likeness (QED) is 0.693. The SMILES string of the molecule is O=C(O)CNC1Cc2ccccc2C1.[Li]. The maximum atomic E-state index is 10.4. The van der Waals surface area contributed by atoms with Crippen LogP contribution in [0.5, 0.6) is 0 Å². The molecule has 0 atom stereocenters. The summed E-state index contributed by atoms with van der Waals surface area (Å²) in [5.74, 6) is -0.791. The second-order valence-electron chi connectivity index (χ2n) is 3.65. The van der Waals surface area contributed by atoms with Crippen LogP contribution in [0.3, 0.4) is 0 Å². The van der Waals surface area contributed by atoms with Crippen LogP contribution in [0.4, 0.5) is 0 Å². The van der Waals surface area contributed by atoms with Gasteiger partial charge in [0.25, 0.3) is 0 Å². The van der Waals surface area contributed by atoms with Crippen LogP contribution in [0, 0.1) is 0 Å². The first-order valence-corrected chi connectivity index (χ1v) is 4.77. The maximum absolute atomic E-state index is 10.4. The van der Waals surface area contributed by atoms with Crippen LogP contribution in [0.25, 0.3) is 0 Å². The van der Waals surface area contributed by atoms with Crippen molar-refractivity contribution in [3.05, 3.63) is 35.4 Å². The van der Waals surface area contributed by atoms with E-state index in [1.54, 1.807) is 0 Å². The van der Waals surface area contributed by atoms with Gasteiger partial charge in [0, 0.05) is 24.9 Å². The van der Waals surface area contributed by atoms with E-state index in [1.165, 1.54) is 11.1 Å². The van der Waals surface area contributed by atoms with Crippen LogP contribution in [-0.4, -0.2) is 42.5 Å². The van der Waals surface area contributed by atoms with Crippen LogP contribution in [0.1, 0.15) is 11.1 Å². The van der Waals surface area contributed by atoms with E-state index < -0.39 is 5.97 Å². The molecule has 0 unspecified atom stereocenters. The predicted octanol–water partition coefficient (Wildman–Crippen LogP) is 0.447. The van der Waals surface area contributed by atoms with Crippen molar-refractivity contribution in [2.75, 3.05) is 6.54 Å². The molecule has 0 saturated heterocycles. The first-order chi connectivity index (χ1) is 6.75. The topological polar surface area (TPSA) is 49.3 Å². The second-order valence-corrected chi connectivity index (χ2v) is 3.65. The van der Waals surface area contributed by atoms with E-state index in [9.17, 15) is 4.79 Å². The molecule has 4 heteroatoms. The molecule has 1 aromatic carbocycles. The van der Waals surface area contributed by atoms with Crippen LogP contribution >= 0.6 is 0 Å². The van der Waals surface area contributed by atoms with Crippen molar-refractivity contribution >= 4 is 24.8 Å². The number of carboxylic acid groups (broad SMARTS) is 1. The monoisotopic (exact) mass is 198 g/mol. The van der Waals surface area contributed by atoms with Crippen LogP contribution in [0.15, 0.2) is 24.3 Å². The van der Waals surface area contributed by atoms with Crippen LogP contribution in [0.2, 0.25) is 0 Å². The van der Waals surface area contributed by atoms with E-state index in [2.05, 4.69) is 17.4 Å². The molecule has 75 valence electrons. The van der Waals surface area contributed by atoms with Crippen molar-refractivity contribution < 1.29 is 9.90 Å². The zero-order valence-corrected chi connectivity index (χ0v) is 8.86. The average Bonchev–Trinajstić information content (AvgIpc) is 2.57. The molecule has 1 aliphatic rings. The molecule has 2 rings (SSSR count). The third kappa shape index (κ3) is 3.10. The fourth-order valence-electron chi connectivity index (χ4n) is 1.93. The molecular formula is C11H13LiNO2. The Morgan fingerprint density at radius 3 is 2.33 bits per heavy atom. The van der Waals surface area contributed by atoms with Crippen LogP contribution < -0.4 is 5.32 Å². The normalized spacial score (nSPS) is 14.4. The minimum Gasteiger partial charge on any atom is -0.480 e. The molecule has 0 spiro atoms. The van der Waals surface area contributed by atoms with Crippen molar-refractivity contribution in [1.82, 2.24) is 5.32 Å². The summed E-state index contributed by atoms with van der Waals surface area (Å²) in [7, 11) is 0. The fourth-order valence-corrected chi connectivity index (χ4v) is 1.93. The van der Waals surface area contributed by atoms with Gasteiger partial charge in [-0.05, 0) is 24.0 Å². The summed E-state index contributed by atoms with van der Waals surface area (Å²) >= 11 is 0. The number of carbonyl (C=O) groups is 1. The zero-order valence-electron chi connectivity index (χ0n) is 8.86. The molecule has 0 bridgehead atoms. The van der Waals surface area contributed by atoms with Gasteiger partial charge in [0.1, 0.15) is 0 Å². The Kier molecular flexibility index (Phi) is 4.40. The molecule has 0 aliphatic heterocycles. The van der Waals surface area contributed by atoms with Crippen molar-refractivity contribution in [3.63, 3.8) is 0 Å². The Balaban J connectivity index is 0.00000112. The number of rotatable bonds is 3. The smallest absolute Gasteiger partial charge is 0.317 e. The summed E-state index contributed by atoms with van der Waals surface area (Å²) in [5.41, 5.74) is 2.69. The minimum atomic E-state index is -0.791. The number of hydrogen-bond acceptors (Lipinski definition) is 2. The van der Waals surface area contributed by atoms with Crippen molar-refractivity contribution in [2.45, 2.75) is 18.9 Å². The predicted molar refractivity (Wildman–Crippen MR) is 59.0 cm³/mol. The molecular weight excluding hydrogens is 185 g/mol. The largest absolute Gasteiger partial charge is 0.480 e. The molecule has 2 N–H and O–H groups in total. The summed E-state index contributed by atoms with van der Waals surface area (Å²) in [6, 6.07) is 8.57. The second kappa shape index (κ2) is 5.36. The Hall–Kier alpha value is -0.753. The number of benzene rings is 1. The third-order valence-electron chi connectivity index (χ3n) is 2.59. The molecule has 0 aromatic heterocycles. The van der Waals surface area contributed by atoms with Gasteiger partial charge in [-0.3, -0.25) is 4.79 Å². The van der Waals surface area contributed by atoms with Gasteiger partial charge in [0.05, 0.1) is 6.54 Å². The van der Waals surface area contributed by atoms with Crippen molar-refractivity contribution in [1.29, 1.82) is 0 Å². The van der Waals surface area contributed by atoms with Gasteiger partial charge < -0.3 is 10.4 Å². The van der Waals surface area contributed by atoms with Gasteiger partial charge >= 0.3 is 5.97 Å². The fraction of sp³-hybridized carbons (Fsp3) is 0.364. The molecule has 15 heavy (non-hydrogen) atoms. The molecule has 1 aliphatic carbocycles. The number of aliphatic carboxylic acids is 1. The number of hydrogen-bond donors (Lipinski definition) is 2. The maximum Gasteiger partial charge on any atom is 0.317 e. The Morgan fingerprint density at radius 2 is 1.87 bits per heavy atom. The minimum absolute atomic E-state index is 0. The first kappa shape index (κ1) is 12.3. The molecule has 1 aromatic rings. The van der Waals surface area contributed by atoms with Gasteiger partial charge in [0.15, 0.2) is 0 Å². The Morgan fingerprint density at radius 1 is 1.33 bits per heavy atom. The standard InChI is InChI=1S/C11H13NO2.Li/c13-11(14)7-12-10-5-8-3-1-2-4-9(8)6-10;/h1-4,10,12H,5-7H2,(H,13,14);. The van der Waals surface area contributed by atoms with E-state index in [1.807, 2.05) is 12.1 Å². The van der Waals surface area contributed by atoms with E-state index in [0.29, 0.717) is 6.04 Å². The van der Waals surface area contributed by atoms with E-state index in [-0.39, 0.29) is 25.4 Å². The third-order valence-corrected chi connectivity index (χ3v) is 2.59. The van der Waals surface area contributed by atoms with E-state index in [0.717, 1.165) is 12.8 Å². The molecule has 0 saturated carbocycles. The van der Waals surface area contributed by atoms with Gasteiger partial charge in [-0.1, -0.05) is 24.3 Å². The molecule has 0 fully saturated rings. The first-order valence-electron chi connectivity index (χ1n) is 4.77. The number of nitrogens with one attached hydrogen (secondary N) is 1. The summed E-state index contributed by atoms with van der Waals surface area (Å²) in [6.45, 7) is 0.0542. The molecule has 3 nitrogen and oxygen atoms in total.